The van der Waals surface area contributed by atoms with Gasteiger partial charge in [-0.05, 0) is 78.2 Å². The van der Waals surface area contributed by atoms with Crippen molar-refractivity contribution in [1.82, 2.24) is 0 Å². The molecular weight excluding hydrogens is 528 g/mol. The van der Waals surface area contributed by atoms with Crippen LogP contribution in [0.2, 0.25) is 0 Å². The van der Waals surface area contributed by atoms with E-state index in [9.17, 15) is 14.9 Å². The molecule has 0 spiro atoms. The summed E-state index contributed by atoms with van der Waals surface area (Å²) >= 11 is 3.55. The van der Waals surface area contributed by atoms with Gasteiger partial charge in [0.25, 0.3) is 5.69 Å². The molecule has 0 saturated heterocycles. The van der Waals surface area contributed by atoms with E-state index in [2.05, 4.69) is 20.9 Å². The minimum Gasteiger partial charge on any atom is -0.490 e. The fraction of sp³-hybridized carbons (Fsp3) is 0.185. The van der Waals surface area contributed by atoms with Gasteiger partial charge in [-0.1, -0.05) is 29.8 Å². The Morgan fingerprint density at radius 3 is 2.50 bits per heavy atom. The normalized spacial score (nSPS) is 13.9. The van der Waals surface area contributed by atoms with Crippen LogP contribution >= 0.6 is 15.9 Å². The van der Waals surface area contributed by atoms with Crippen molar-refractivity contribution in [3.63, 3.8) is 0 Å². The quantitative estimate of drug-likeness (QED) is 0.141. The number of nitro groups is 1. The van der Waals surface area contributed by atoms with Gasteiger partial charge in [0.2, 0.25) is 5.90 Å². The zero-order chi connectivity index (χ0) is 25.8. The summed E-state index contributed by atoms with van der Waals surface area (Å²) in [5.41, 5.74) is 3.86. The number of nitro benzene ring substituents is 1. The minimum atomic E-state index is -0.616. The molecule has 9 heteroatoms. The zero-order valence-corrected chi connectivity index (χ0v) is 21.5. The van der Waals surface area contributed by atoms with Crippen LogP contribution in [0.3, 0.4) is 0 Å². The van der Waals surface area contributed by atoms with Crippen molar-refractivity contribution in [1.29, 1.82) is 0 Å². The van der Waals surface area contributed by atoms with Crippen LogP contribution in [0, 0.1) is 24.0 Å². The average Bonchev–Trinajstić information content (AvgIpc) is 3.19. The molecule has 1 heterocycles. The highest BCUT2D eigenvalue weighted by Crippen LogP contribution is 2.38. The number of hydrogen-bond donors (Lipinski definition) is 0. The molecule has 0 unspecified atom stereocenters. The molecule has 0 aliphatic carbocycles. The van der Waals surface area contributed by atoms with Crippen molar-refractivity contribution in [2.75, 3.05) is 6.61 Å². The van der Waals surface area contributed by atoms with Gasteiger partial charge < -0.3 is 14.2 Å². The third kappa shape index (κ3) is 5.63. The first-order valence-electron chi connectivity index (χ1n) is 11.2. The van der Waals surface area contributed by atoms with Gasteiger partial charge >= 0.3 is 5.97 Å². The maximum atomic E-state index is 12.5. The Morgan fingerprint density at radius 2 is 1.83 bits per heavy atom. The summed E-state index contributed by atoms with van der Waals surface area (Å²) < 4.78 is 17.8. The van der Waals surface area contributed by atoms with E-state index in [1.165, 1.54) is 17.7 Å². The monoisotopic (exact) mass is 550 g/mol. The number of nitrogens with zero attached hydrogens (tertiary/aromatic N) is 2. The van der Waals surface area contributed by atoms with Crippen molar-refractivity contribution < 1.29 is 23.9 Å². The predicted octanol–water partition coefficient (Wildman–Crippen LogP) is 6.30. The van der Waals surface area contributed by atoms with E-state index >= 15 is 0 Å². The van der Waals surface area contributed by atoms with Gasteiger partial charge in [0, 0.05) is 17.2 Å². The number of hydrogen-bond acceptors (Lipinski definition) is 7. The van der Waals surface area contributed by atoms with Crippen LogP contribution < -0.4 is 9.47 Å². The maximum absolute atomic E-state index is 12.5. The molecule has 0 N–H and O–H groups in total. The van der Waals surface area contributed by atoms with Crippen molar-refractivity contribution in [2.24, 2.45) is 4.99 Å². The van der Waals surface area contributed by atoms with Crippen molar-refractivity contribution in [3.05, 3.63) is 103 Å². The summed E-state index contributed by atoms with van der Waals surface area (Å²) in [5.74, 6) is 0.549. The number of ether oxygens (including phenoxy) is 3. The van der Waals surface area contributed by atoms with Gasteiger partial charge in [-0.2, -0.15) is 0 Å². The molecule has 3 aromatic carbocycles. The lowest BCUT2D eigenvalue weighted by molar-refractivity contribution is -0.385. The lowest BCUT2D eigenvalue weighted by atomic mass is 10.1. The van der Waals surface area contributed by atoms with E-state index in [1.807, 2.05) is 38.1 Å². The molecule has 184 valence electrons. The number of carbonyl (C=O) groups is 1. The van der Waals surface area contributed by atoms with E-state index in [0.717, 1.165) is 5.56 Å². The molecule has 36 heavy (non-hydrogen) atoms. The Morgan fingerprint density at radius 1 is 1.08 bits per heavy atom. The van der Waals surface area contributed by atoms with Gasteiger partial charge in [0.05, 0.1) is 16.0 Å². The van der Waals surface area contributed by atoms with Crippen LogP contribution in [0.1, 0.15) is 34.7 Å². The van der Waals surface area contributed by atoms with Gasteiger partial charge in [0.1, 0.15) is 6.61 Å². The van der Waals surface area contributed by atoms with E-state index in [4.69, 9.17) is 14.2 Å². The molecule has 3 aromatic rings. The summed E-state index contributed by atoms with van der Waals surface area (Å²) in [7, 11) is 0. The number of aryl methyl sites for hydroxylation is 2. The number of aliphatic imine (C=N–C) groups is 1. The van der Waals surface area contributed by atoms with Crippen LogP contribution in [0.4, 0.5) is 5.69 Å². The Kier molecular flexibility index (Phi) is 7.49. The number of carbonyl (C=O) groups excluding carboxylic acids is 1. The Hall–Kier alpha value is -3.98. The number of halogens is 1. The van der Waals surface area contributed by atoms with Crippen LogP contribution in [0.5, 0.6) is 11.5 Å². The lowest BCUT2D eigenvalue weighted by Crippen LogP contribution is -2.06. The van der Waals surface area contributed by atoms with Crippen molar-refractivity contribution >= 4 is 39.6 Å². The Labute approximate surface area is 216 Å². The molecule has 0 aromatic heterocycles. The van der Waals surface area contributed by atoms with Gasteiger partial charge in [-0.3, -0.25) is 10.1 Å². The second kappa shape index (κ2) is 10.7. The maximum Gasteiger partial charge on any atom is 0.363 e. The average molecular weight is 551 g/mol. The molecule has 0 atom stereocenters. The van der Waals surface area contributed by atoms with Crippen LogP contribution in [-0.4, -0.2) is 23.4 Å². The first-order valence-corrected chi connectivity index (χ1v) is 12.0. The number of benzene rings is 3. The summed E-state index contributed by atoms with van der Waals surface area (Å²) in [6, 6.07) is 16.1. The summed E-state index contributed by atoms with van der Waals surface area (Å²) in [6.45, 7) is 6.32. The number of rotatable bonds is 8. The Balaban J connectivity index is 1.60. The molecule has 4 rings (SSSR count). The fourth-order valence-corrected chi connectivity index (χ4v) is 4.17. The third-order valence-electron chi connectivity index (χ3n) is 5.40. The number of esters is 1. The highest BCUT2D eigenvalue weighted by atomic mass is 79.9. The van der Waals surface area contributed by atoms with E-state index in [1.54, 1.807) is 31.2 Å². The number of cyclic esters (lactones) is 1. The van der Waals surface area contributed by atoms with Crippen LogP contribution in [0.25, 0.3) is 6.08 Å². The first-order chi connectivity index (χ1) is 17.2. The molecule has 8 nitrogen and oxygen atoms in total. The standard InChI is InChI=1S/C27H23BrN2O6/c1-4-34-24-14-19(12-21(28)25(24)35-15-18-7-5-16(2)6-8-18)13-22-27(31)36-26(29-22)20-9-10-23(30(32)33)17(3)11-20/h5-14H,4,15H2,1-3H3/b22-13-. The molecule has 0 fully saturated rings. The molecular formula is C27H23BrN2O6. The predicted molar refractivity (Wildman–Crippen MR) is 139 cm³/mol. The van der Waals surface area contributed by atoms with Gasteiger partial charge in [-0.15, -0.1) is 0 Å². The van der Waals surface area contributed by atoms with E-state index < -0.39 is 10.9 Å². The third-order valence-corrected chi connectivity index (χ3v) is 5.99. The summed E-state index contributed by atoms with van der Waals surface area (Å²) in [6.07, 6.45) is 1.59. The van der Waals surface area contributed by atoms with Crippen molar-refractivity contribution in [3.8, 4) is 11.5 Å². The van der Waals surface area contributed by atoms with E-state index in [-0.39, 0.29) is 17.3 Å². The highest BCUT2D eigenvalue weighted by molar-refractivity contribution is 9.10. The summed E-state index contributed by atoms with van der Waals surface area (Å²) in [4.78, 5) is 27.4. The highest BCUT2D eigenvalue weighted by Gasteiger charge is 2.26. The fourth-order valence-electron chi connectivity index (χ4n) is 3.60. The smallest absolute Gasteiger partial charge is 0.363 e. The molecule has 0 saturated carbocycles. The first kappa shape index (κ1) is 25.1. The topological polar surface area (TPSA) is 100 Å². The van der Waals surface area contributed by atoms with Gasteiger partial charge in [0.15, 0.2) is 17.2 Å². The van der Waals surface area contributed by atoms with Crippen LogP contribution in [0.15, 0.2) is 69.8 Å². The lowest BCUT2D eigenvalue weighted by Gasteiger charge is -2.15. The van der Waals surface area contributed by atoms with Crippen molar-refractivity contribution in [2.45, 2.75) is 27.4 Å². The second-order valence-electron chi connectivity index (χ2n) is 8.13. The Bertz CT molecular complexity index is 1400. The minimum absolute atomic E-state index is 0.0163. The van der Waals surface area contributed by atoms with Gasteiger partial charge in [-0.25, -0.2) is 9.79 Å². The van der Waals surface area contributed by atoms with Crippen LogP contribution in [-0.2, 0) is 16.1 Å². The van der Waals surface area contributed by atoms with E-state index in [0.29, 0.717) is 45.9 Å². The molecule has 1 aliphatic heterocycles. The summed E-state index contributed by atoms with van der Waals surface area (Å²) in [5, 5.41) is 11.1. The molecule has 0 bridgehead atoms. The molecule has 1 aliphatic rings. The molecule has 0 radical (unpaired) electrons. The largest absolute Gasteiger partial charge is 0.490 e. The second-order valence-corrected chi connectivity index (χ2v) is 8.99. The molecule has 0 amide bonds. The SMILES string of the molecule is CCOc1cc(/C=C2\N=C(c3ccc([N+](=O)[O-])c(C)c3)OC2=O)cc(Br)c1OCc1ccc(C)cc1. The zero-order valence-electron chi connectivity index (χ0n) is 19.9.